The van der Waals surface area contributed by atoms with Crippen LogP contribution < -0.4 is 0 Å². The lowest BCUT2D eigenvalue weighted by Crippen LogP contribution is -2.30. The summed E-state index contributed by atoms with van der Waals surface area (Å²) < 4.78 is 4.85. The molecule has 0 N–H and O–H groups in total. The second-order valence-corrected chi connectivity index (χ2v) is 6.50. The lowest BCUT2D eigenvalue weighted by Gasteiger charge is -2.27. The number of rotatable bonds is 3. The lowest BCUT2D eigenvalue weighted by molar-refractivity contribution is 0.0598. The van der Waals surface area contributed by atoms with Crippen LogP contribution >= 0.6 is 22.9 Å². The van der Waals surface area contributed by atoms with Crippen LogP contribution in [0.2, 0.25) is 5.02 Å². The largest absolute Gasteiger partial charge is 0.465 e. The third kappa shape index (κ3) is 2.98. The molecule has 0 saturated carbocycles. The van der Waals surface area contributed by atoms with E-state index < -0.39 is 0 Å². The second kappa shape index (κ2) is 6.18. The molecule has 0 fully saturated rings. The first-order valence-electron chi connectivity index (χ1n) is 6.82. The van der Waals surface area contributed by atoms with Gasteiger partial charge in [0, 0.05) is 29.5 Å². The molecule has 5 heteroatoms. The maximum Gasteiger partial charge on any atom is 0.338 e. The number of hydrogen-bond donors (Lipinski definition) is 0. The van der Waals surface area contributed by atoms with Gasteiger partial charge in [-0.25, -0.2) is 4.79 Å². The average molecular weight is 322 g/mol. The van der Waals surface area contributed by atoms with Crippen molar-refractivity contribution in [3.05, 3.63) is 56.2 Å². The van der Waals surface area contributed by atoms with E-state index in [0.29, 0.717) is 17.1 Å². The monoisotopic (exact) mass is 321 g/mol. The van der Waals surface area contributed by atoms with E-state index in [-0.39, 0.29) is 5.97 Å². The molecule has 3 nitrogen and oxygen atoms in total. The molecule has 0 radical (unpaired) electrons. The topological polar surface area (TPSA) is 29.5 Å². The molecule has 0 spiro atoms. The summed E-state index contributed by atoms with van der Waals surface area (Å²) in [5, 5.41) is 2.76. The Morgan fingerprint density at radius 1 is 1.43 bits per heavy atom. The Bertz CT molecular complexity index is 668. The number of hydrogen-bond acceptors (Lipinski definition) is 4. The average Bonchev–Trinajstić information content (AvgIpc) is 2.96. The fourth-order valence-electron chi connectivity index (χ4n) is 2.69. The summed E-state index contributed by atoms with van der Waals surface area (Å²) in [4.78, 5) is 15.7. The van der Waals surface area contributed by atoms with E-state index in [2.05, 4.69) is 16.3 Å². The van der Waals surface area contributed by atoms with Crippen molar-refractivity contribution in [1.29, 1.82) is 0 Å². The van der Waals surface area contributed by atoms with E-state index in [1.807, 2.05) is 17.4 Å². The van der Waals surface area contributed by atoms with Gasteiger partial charge in [0.15, 0.2) is 0 Å². The normalized spacial score (nSPS) is 14.8. The third-order valence-electron chi connectivity index (χ3n) is 3.79. The van der Waals surface area contributed by atoms with Crippen LogP contribution in [-0.4, -0.2) is 24.5 Å². The van der Waals surface area contributed by atoms with Crippen LogP contribution in [0.15, 0.2) is 29.6 Å². The molecule has 1 aromatic heterocycles. The zero-order valence-electron chi connectivity index (χ0n) is 11.8. The van der Waals surface area contributed by atoms with Gasteiger partial charge in [0.25, 0.3) is 0 Å². The first-order chi connectivity index (χ1) is 10.2. The number of fused-ring (bicyclic) bond motifs is 1. The number of benzene rings is 1. The highest BCUT2D eigenvalue weighted by Crippen LogP contribution is 2.28. The summed E-state index contributed by atoms with van der Waals surface area (Å²) in [5.74, 6) is -0.333. The molecular weight excluding hydrogens is 306 g/mol. The van der Waals surface area contributed by atoms with E-state index in [0.717, 1.165) is 25.1 Å². The zero-order valence-corrected chi connectivity index (χ0v) is 13.3. The van der Waals surface area contributed by atoms with Gasteiger partial charge >= 0.3 is 5.97 Å². The Kier molecular flexibility index (Phi) is 4.29. The molecule has 0 unspecified atom stereocenters. The number of esters is 1. The fourth-order valence-corrected chi connectivity index (χ4v) is 3.81. The fraction of sp³-hybridized carbons (Fsp3) is 0.312. The highest BCUT2D eigenvalue weighted by molar-refractivity contribution is 7.10. The maximum atomic E-state index is 11.9. The summed E-state index contributed by atoms with van der Waals surface area (Å²) in [6.07, 6.45) is 1.06. The predicted molar refractivity (Wildman–Crippen MR) is 84.9 cm³/mol. The van der Waals surface area contributed by atoms with Gasteiger partial charge in [0.05, 0.1) is 12.7 Å². The third-order valence-corrected chi connectivity index (χ3v) is 5.17. The van der Waals surface area contributed by atoms with E-state index in [9.17, 15) is 4.79 Å². The van der Waals surface area contributed by atoms with Gasteiger partial charge in [-0.15, -0.1) is 11.3 Å². The Labute approximate surface area is 133 Å². The van der Waals surface area contributed by atoms with Crippen molar-refractivity contribution in [1.82, 2.24) is 4.90 Å². The van der Waals surface area contributed by atoms with Gasteiger partial charge in [-0.2, -0.15) is 0 Å². The van der Waals surface area contributed by atoms with Crippen molar-refractivity contribution in [2.75, 3.05) is 13.7 Å². The standard InChI is InChI=1S/C16H16ClNO2S/c1-20-16(19)12-3-2-4-14(17)13(12)10-18-7-5-15-11(9-18)6-8-21-15/h2-4,6,8H,5,7,9-10H2,1H3. The lowest BCUT2D eigenvalue weighted by atomic mass is 10.0. The van der Waals surface area contributed by atoms with Crippen molar-refractivity contribution in [3.8, 4) is 0 Å². The molecule has 2 aromatic rings. The van der Waals surface area contributed by atoms with E-state index in [1.165, 1.54) is 17.6 Å². The first-order valence-corrected chi connectivity index (χ1v) is 8.08. The number of ether oxygens (including phenoxy) is 1. The highest BCUT2D eigenvalue weighted by atomic mass is 35.5. The summed E-state index contributed by atoms with van der Waals surface area (Å²) in [6.45, 7) is 2.56. The summed E-state index contributed by atoms with van der Waals surface area (Å²) >= 11 is 8.12. The first kappa shape index (κ1) is 14.6. The van der Waals surface area contributed by atoms with E-state index in [1.54, 1.807) is 12.1 Å². The van der Waals surface area contributed by atoms with Gasteiger partial charge in [-0.1, -0.05) is 17.7 Å². The summed E-state index contributed by atoms with van der Waals surface area (Å²) in [5.41, 5.74) is 2.80. The van der Waals surface area contributed by atoms with Crippen molar-refractivity contribution in [3.63, 3.8) is 0 Å². The number of thiophene rings is 1. The zero-order chi connectivity index (χ0) is 14.8. The molecule has 1 aromatic carbocycles. The second-order valence-electron chi connectivity index (χ2n) is 5.09. The molecule has 0 bridgehead atoms. The molecular formula is C16H16ClNO2S. The van der Waals surface area contributed by atoms with Crippen molar-refractivity contribution >= 4 is 28.9 Å². The maximum absolute atomic E-state index is 11.9. The van der Waals surface area contributed by atoms with Gasteiger partial charge in [0.1, 0.15) is 0 Å². The van der Waals surface area contributed by atoms with Crippen LogP contribution in [0.25, 0.3) is 0 Å². The minimum Gasteiger partial charge on any atom is -0.465 e. The number of halogens is 1. The number of methoxy groups -OCH3 is 1. The minimum atomic E-state index is -0.333. The van der Waals surface area contributed by atoms with Gasteiger partial charge in [-0.05, 0) is 41.1 Å². The van der Waals surface area contributed by atoms with Gasteiger partial charge in [0.2, 0.25) is 0 Å². The number of carbonyl (C=O) groups excluding carboxylic acids is 1. The molecule has 0 saturated heterocycles. The molecule has 1 aliphatic heterocycles. The van der Waals surface area contributed by atoms with Crippen molar-refractivity contribution in [2.24, 2.45) is 0 Å². The van der Waals surface area contributed by atoms with Crippen molar-refractivity contribution in [2.45, 2.75) is 19.5 Å². The molecule has 0 aliphatic carbocycles. The smallest absolute Gasteiger partial charge is 0.338 e. The van der Waals surface area contributed by atoms with Crippen LogP contribution in [0.3, 0.4) is 0 Å². The molecule has 0 amide bonds. The van der Waals surface area contributed by atoms with Crippen LogP contribution in [0.4, 0.5) is 0 Å². The van der Waals surface area contributed by atoms with Crippen LogP contribution in [0, 0.1) is 0 Å². The molecule has 21 heavy (non-hydrogen) atoms. The van der Waals surface area contributed by atoms with Crippen LogP contribution in [0.1, 0.15) is 26.4 Å². The molecule has 2 heterocycles. The Hall–Kier alpha value is -1.36. The summed E-state index contributed by atoms with van der Waals surface area (Å²) in [7, 11) is 1.39. The van der Waals surface area contributed by atoms with Crippen LogP contribution in [-0.2, 0) is 24.2 Å². The van der Waals surface area contributed by atoms with E-state index >= 15 is 0 Å². The van der Waals surface area contributed by atoms with E-state index in [4.69, 9.17) is 16.3 Å². The van der Waals surface area contributed by atoms with Gasteiger partial charge in [-0.3, -0.25) is 4.90 Å². The van der Waals surface area contributed by atoms with Gasteiger partial charge < -0.3 is 4.74 Å². The van der Waals surface area contributed by atoms with Crippen LogP contribution in [0.5, 0.6) is 0 Å². The molecule has 1 aliphatic rings. The Morgan fingerprint density at radius 2 is 2.29 bits per heavy atom. The number of nitrogens with zero attached hydrogens (tertiary/aromatic N) is 1. The Morgan fingerprint density at radius 3 is 3.10 bits per heavy atom. The quantitative estimate of drug-likeness (QED) is 0.806. The van der Waals surface area contributed by atoms with Crippen molar-refractivity contribution < 1.29 is 9.53 Å². The molecule has 0 atom stereocenters. The predicted octanol–water partition coefficient (Wildman–Crippen LogP) is 3.75. The minimum absolute atomic E-state index is 0.333. The SMILES string of the molecule is COC(=O)c1cccc(Cl)c1CN1CCc2sccc2C1. The Balaban J connectivity index is 1.84. The highest BCUT2D eigenvalue weighted by Gasteiger charge is 2.21. The summed E-state index contributed by atoms with van der Waals surface area (Å²) in [6, 6.07) is 7.56. The number of carbonyl (C=O) groups is 1. The molecule has 3 rings (SSSR count). The molecule has 110 valence electrons.